The van der Waals surface area contributed by atoms with Crippen LogP contribution >= 0.6 is 0 Å². The Morgan fingerprint density at radius 3 is 1.67 bits per heavy atom. The largest absolute Gasteiger partial charge is 0.416 e. The quantitative estimate of drug-likeness (QED) is 0.279. The van der Waals surface area contributed by atoms with Crippen molar-refractivity contribution in [3.05, 3.63) is 94.5 Å². The third-order valence-corrected chi connectivity index (χ3v) is 6.14. The fourth-order valence-electron chi connectivity index (χ4n) is 4.24. The van der Waals surface area contributed by atoms with Gasteiger partial charge in [0.05, 0.1) is 11.1 Å². The Hall–Kier alpha value is -3.09. The molecule has 0 aliphatic carbocycles. The molecule has 0 amide bonds. The Balaban J connectivity index is 1.96. The van der Waals surface area contributed by atoms with E-state index in [4.69, 9.17) is 0 Å². The molecule has 0 N–H and O–H groups in total. The summed E-state index contributed by atoms with van der Waals surface area (Å²) in [4.78, 5) is 12.5. The van der Waals surface area contributed by atoms with Crippen molar-refractivity contribution in [1.29, 1.82) is 0 Å². The van der Waals surface area contributed by atoms with Gasteiger partial charge in [0.2, 0.25) is 0 Å². The van der Waals surface area contributed by atoms with E-state index in [-0.39, 0.29) is 17.6 Å². The molecule has 0 aliphatic rings. The van der Waals surface area contributed by atoms with Crippen molar-refractivity contribution in [2.75, 3.05) is 0 Å². The Morgan fingerprint density at radius 2 is 1.19 bits per heavy atom. The van der Waals surface area contributed by atoms with Gasteiger partial charge in [-0.3, -0.25) is 4.79 Å². The number of hydrogen-bond acceptors (Lipinski definition) is 1. The lowest BCUT2D eigenvalue weighted by atomic mass is 9.84. The van der Waals surface area contributed by atoms with Gasteiger partial charge in [0.15, 0.2) is 0 Å². The predicted molar refractivity (Wildman–Crippen MR) is 129 cm³/mol. The van der Waals surface area contributed by atoms with Crippen LogP contribution < -0.4 is 0 Å². The van der Waals surface area contributed by atoms with Gasteiger partial charge >= 0.3 is 12.4 Å². The van der Waals surface area contributed by atoms with Crippen LogP contribution in [0.15, 0.2) is 66.7 Å². The molecule has 0 aliphatic heterocycles. The summed E-state index contributed by atoms with van der Waals surface area (Å²) in [6.07, 6.45) is -7.24. The maximum absolute atomic E-state index is 13.0. The first-order chi connectivity index (χ1) is 16.7. The SMILES string of the molecule is CC(=O)C(CC(C)C)c1cc(CCc2ccc(C(F)(F)F)cc2)cc(-c2ccc(C(F)(F)F)cc2)c1. The fraction of sp³-hybridized carbons (Fsp3) is 0.345. The van der Waals surface area contributed by atoms with Crippen molar-refractivity contribution in [1.82, 2.24) is 0 Å². The van der Waals surface area contributed by atoms with E-state index in [0.29, 0.717) is 30.4 Å². The highest BCUT2D eigenvalue weighted by Gasteiger charge is 2.31. The summed E-state index contributed by atoms with van der Waals surface area (Å²) >= 11 is 0. The molecule has 0 saturated heterocycles. The summed E-state index contributed by atoms with van der Waals surface area (Å²) in [6.45, 7) is 5.56. The van der Waals surface area contributed by atoms with Gasteiger partial charge in [-0.1, -0.05) is 56.3 Å². The molecule has 0 saturated carbocycles. The van der Waals surface area contributed by atoms with E-state index in [1.54, 1.807) is 0 Å². The van der Waals surface area contributed by atoms with Gasteiger partial charge in [0.25, 0.3) is 0 Å². The molecule has 0 heterocycles. The van der Waals surface area contributed by atoms with Crippen molar-refractivity contribution < 1.29 is 31.1 Å². The highest BCUT2D eigenvalue weighted by atomic mass is 19.4. The number of alkyl halides is 6. The van der Waals surface area contributed by atoms with Gasteiger partial charge in [0.1, 0.15) is 5.78 Å². The zero-order valence-electron chi connectivity index (χ0n) is 20.3. The van der Waals surface area contributed by atoms with Crippen LogP contribution in [0.4, 0.5) is 26.3 Å². The van der Waals surface area contributed by atoms with E-state index < -0.39 is 23.5 Å². The minimum absolute atomic E-state index is 0.00181. The minimum atomic E-state index is -4.44. The topological polar surface area (TPSA) is 17.1 Å². The van der Waals surface area contributed by atoms with E-state index in [9.17, 15) is 31.1 Å². The average molecular weight is 507 g/mol. The Bertz CT molecular complexity index is 1170. The molecular formula is C29H28F6O. The summed E-state index contributed by atoms with van der Waals surface area (Å²) < 4.78 is 77.6. The van der Waals surface area contributed by atoms with E-state index in [2.05, 4.69) is 0 Å². The lowest BCUT2D eigenvalue weighted by molar-refractivity contribution is -0.138. The molecule has 7 heteroatoms. The normalized spacial score (nSPS) is 13.2. The van der Waals surface area contributed by atoms with Crippen LogP contribution in [0.5, 0.6) is 0 Å². The second-order valence-electron chi connectivity index (χ2n) is 9.53. The molecule has 3 aromatic carbocycles. The summed E-state index contributed by atoms with van der Waals surface area (Å²) in [5.41, 5.74) is 2.21. The highest BCUT2D eigenvalue weighted by Crippen LogP contribution is 2.34. The lowest BCUT2D eigenvalue weighted by Crippen LogP contribution is -2.12. The standard InChI is InChI=1S/C29H28F6O/c1-18(2)14-27(19(3)36)24-16-21(5-4-20-6-10-25(11-7-20)28(30,31)32)15-23(17-24)22-8-12-26(13-9-22)29(33,34)35/h6-13,15-18,27H,4-5,14H2,1-3H3. The average Bonchev–Trinajstić information content (AvgIpc) is 2.80. The molecule has 0 bridgehead atoms. The second-order valence-corrected chi connectivity index (χ2v) is 9.53. The van der Waals surface area contributed by atoms with Crippen LogP contribution in [0.2, 0.25) is 0 Å². The number of benzene rings is 3. The van der Waals surface area contributed by atoms with Crippen LogP contribution in [-0.2, 0) is 30.0 Å². The van der Waals surface area contributed by atoms with Crippen LogP contribution in [-0.4, -0.2) is 5.78 Å². The molecule has 0 fully saturated rings. The maximum Gasteiger partial charge on any atom is 0.416 e. The van der Waals surface area contributed by atoms with E-state index in [1.165, 1.54) is 31.2 Å². The Kier molecular flexibility index (Phi) is 8.32. The fourth-order valence-corrected chi connectivity index (χ4v) is 4.24. The minimum Gasteiger partial charge on any atom is -0.299 e. The number of aryl methyl sites for hydroxylation is 2. The summed E-state index contributed by atoms with van der Waals surface area (Å²) in [6, 6.07) is 15.5. The van der Waals surface area contributed by atoms with Crippen molar-refractivity contribution >= 4 is 5.78 Å². The summed E-state index contributed by atoms with van der Waals surface area (Å²) in [7, 11) is 0. The molecular weight excluding hydrogens is 478 g/mol. The number of halogens is 6. The monoisotopic (exact) mass is 506 g/mol. The predicted octanol–water partition coefficient (Wildman–Crippen LogP) is 8.90. The number of rotatable bonds is 8. The van der Waals surface area contributed by atoms with Crippen LogP contribution in [0.3, 0.4) is 0 Å². The number of carbonyl (C=O) groups is 1. The number of carbonyl (C=O) groups excluding carboxylic acids is 1. The molecule has 0 radical (unpaired) electrons. The van der Waals surface area contributed by atoms with E-state index in [0.717, 1.165) is 41.0 Å². The third kappa shape index (κ3) is 7.21. The summed E-state index contributed by atoms with van der Waals surface area (Å²) in [5, 5.41) is 0. The molecule has 36 heavy (non-hydrogen) atoms. The highest BCUT2D eigenvalue weighted by molar-refractivity contribution is 5.84. The second kappa shape index (κ2) is 10.9. The van der Waals surface area contributed by atoms with Crippen LogP contribution in [0.25, 0.3) is 11.1 Å². The molecule has 1 atom stereocenters. The number of Topliss-reactive ketones (excluding diaryl/α,β-unsaturated/α-hetero) is 1. The lowest BCUT2D eigenvalue weighted by Gasteiger charge is -2.19. The summed E-state index contributed by atoms with van der Waals surface area (Å²) in [5.74, 6) is -0.101. The van der Waals surface area contributed by atoms with Gasteiger partial charge in [0, 0.05) is 5.92 Å². The number of ketones is 1. The molecule has 3 aromatic rings. The first-order valence-corrected chi connectivity index (χ1v) is 11.7. The van der Waals surface area contributed by atoms with Crippen molar-refractivity contribution in [2.24, 2.45) is 5.92 Å². The molecule has 3 rings (SSSR count). The zero-order valence-corrected chi connectivity index (χ0v) is 20.3. The molecule has 192 valence electrons. The van der Waals surface area contributed by atoms with Gasteiger partial charge in [-0.2, -0.15) is 26.3 Å². The first kappa shape index (κ1) is 27.5. The van der Waals surface area contributed by atoms with Gasteiger partial charge in [-0.15, -0.1) is 0 Å². The van der Waals surface area contributed by atoms with Crippen molar-refractivity contribution in [2.45, 2.75) is 58.3 Å². The van der Waals surface area contributed by atoms with Crippen LogP contribution in [0, 0.1) is 5.92 Å². The van der Waals surface area contributed by atoms with E-state index in [1.807, 2.05) is 32.0 Å². The zero-order chi connectivity index (χ0) is 26.7. The Labute approximate surface area is 207 Å². The molecule has 1 unspecified atom stereocenters. The molecule has 0 spiro atoms. The molecule has 0 aromatic heterocycles. The van der Waals surface area contributed by atoms with Gasteiger partial charge in [-0.25, -0.2) is 0 Å². The smallest absolute Gasteiger partial charge is 0.299 e. The van der Waals surface area contributed by atoms with Gasteiger partial charge in [-0.05, 0) is 84.2 Å². The van der Waals surface area contributed by atoms with Crippen LogP contribution in [0.1, 0.15) is 60.9 Å². The van der Waals surface area contributed by atoms with E-state index >= 15 is 0 Å². The molecule has 1 nitrogen and oxygen atoms in total. The van der Waals surface area contributed by atoms with Crippen molar-refractivity contribution in [3.63, 3.8) is 0 Å². The maximum atomic E-state index is 13.0. The van der Waals surface area contributed by atoms with Crippen molar-refractivity contribution in [3.8, 4) is 11.1 Å². The number of hydrogen-bond donors (Lipinski definition) is 0. The third-order valence-electron chi connectivity index (χ3n) is 6.14. The Morgan fingerprint density at radius 1 is 0.694 bits per heavy atom. The first-order valence-electron chi connectivity index (χ1n) is 11.7. The van der Waals surface area contributed by atoms with Gasteiger partial charge < -0.3 is 0 Å².